The minimum atomic E-state index is -3.80. The Balaban J connectivity index is 1.81. The number of likely N-dealkylation sites (N-methyl/N-ethyl adjacent to an activating group) is 1. The first kappa shape index (κ1) is 23.6. The molecule has 29 heavy (non-hydrogen) atoms. The quantitative estimate of drug-likeness (QED) is 0.555. The lowest BCUT2D eigenvalue weighted by Gasteiger charge is -2.26. The van der Waals surface area contributed by atoms with Crippen molar-refractivity contribution in [1.82, 2.24) is 9.62 Å². The van der Waals surface area contributed by atoms with E-state index in [1.807, 2.05) is 0 Å². The summed E-state index contributed by atoms with van der Waals surface area (Å²) >= 11 is 5.72. The Labute approximate surface area is 175 Å². The molecule has 1 aromatic rings. The van der Waals surface area contributed by atoms with Crippen molar-refractivity contribution >= 4 is 43.3 Å². The van der Waals surface area contributed by atoms with Gasteiger partial charge in [0.25, 0.3) is 5.91 Å². The molecule has 12 heteroatoms. The Kier molecular flexibility index (Phi) is 7.66. The van der Waals surface area contributed by atoms with E-state index in [0.717, 1.165) is 0 Å². The maximum atomic E-state index is 12.4. The molecule has 162 valence electrons. The third-order valence-electron chi connectivity index (χ3n) is 4.50. The number of benzene rings is 1. The van der Waals surface area contributed by atoms with Crippen LogP contribution in [0.2, 0.25) is 5.02 Å². The van der Waals surface area contributed by atoms with Crippen LogP contribution in [0.25, 0.3) is 0 Å². The average Bonchev–Trinajstić information content (AvgIpc) is 3.00. The van der Waals surface area contributed by atoms with Crippen LogP contribution in [0.1, 0.15) is 19.8 Å². The molecule has 1 aliphatic rings. The number of ether oxygens (including phenoxy) is 1. The number of nitrogens with zero attached hydrogens (tertiary/aromatic N) is 1. The highest BCUT2D eigenvalue weighted by atomic mass is 35.5. The number of halogens is 1. The molecule has 1 saturated heterocycles. The maximum Gasteiger partial charge on any atom is 0.307 e. The van der Waals surface area contributed by atoms with E-state index < -0.39 is 43.9 Å². The van der Waals surface area contributed by atoms with Gasteiger partial charge in [-0.2, -0.15) is 0 Å². The van der Waals surface area contributed by atoms with E-state index in [2.05, 4.69) is 4.72 Å². The van der Waals surface area contributed by atoms with Gasteiger partial charge in [0.15, 0.2) is 15.9 Å². The molecule has 2 rings (SSSR count). The third kappa shape index (κ3) is 6.66. The Morgan fingerprint density at radius 1 is 1.31 bits per heavy atom. The first-order valence-corrected chi connectivity index (χ1v) is 12.5. The number of carbonyl (C=O) groups excluding carboxylic acids is 2. The third-order valence-corrected chi connectivity index (χ3v) is 7.98. The second-order valence-corrected chi connectivity index (χ2v) is 11.2. The van der Waals surface area contributed by atoms with Crippen LogP contribution in [-0.4, -0.2) is 70.9 Å². The normalized spacial score (nSPS) is 19.5. The van der Waals surface area contributed by atoms with Crippen LogP contribution >= 0.6 is 11.6 Å². The van der Waals surface area contributed by atoms with Crippen molar-refractivity contribution in [3.8, 4) is 0 Å². The van der Waals surface area contributed by atoms with Crippen LogP contribution in [0.5, 0.6) is 0 Å². The lowest BCUT2D eigenvalue weighted by Crippen LogP contribution is -2.44. The molecule has 0 aromatic heterocycles. The largest absolute Gasteiger partial charge is 0.452 e. The van der Waals surface area contributed by atoms with Gasteiger partial charge >= 0.3 is 5.97 Å². The Morgan fingerprint density at radius 2 is 1.93 bits per heavy atom. The summed E-state index contributed by atoms with van der Waals surface area (Å²) in [7, 11) is -5.48. The first-order valence-electron chi connectivity index (χ1n) is 8.83. The van der Waals surface area contributed by atoms with Crippen LogP contribution in [-0.2, 0) is 34.2 Å². The number of nitrogens with one attached hydrogen (secondary N) is 1. The zero-order chi connectivity index (χ0) is 21.8. The van der Waals surface area contributed by atoms with E-state index >= 15 is 0 Å². The van der Waals surface area contributed by atoms with E-state index in [4.69, 9.17) is 16.3 Å². The number of carbonyl (C=O) groups is 2. The lowest BCUT2D eigenvalue weighted by atomic mass is 10.2. The first-order chi connectivity index (χ1) is 13.4. The fraction of sp³-hybridized carbons (Fsp3) is 0.529. The summed E-state index contributed by atoms with van der Waals surface area (Å²) in [5.41, 5.74) is 0. The topological polar surface area (TPSA) is 127 Å². The van der Waals surface area contributed by atoms with E-state index in [1.165, 1.54) is 43.1 Å². The molecule has 1 amide bonds. The van der Waals surface area contributed by atoms with Gasteiger partial charge in [-0.05, 0) is 37.6 Å². The zero-order valence-electron chi connectivity index (χ0n) is 16.0. The number of sulfone groups is 1. The number of sulfonamides is 1. The van der Waals surface area contributed by atoms with Gasteiger partial charge in [-0.25, -0.2) is 21.6 Å². The van der Waals surface area contributed by atoms with Crippen LogP contribution < -0.4 is 4.72 Å². The van der Waals surface area contributed by atoms with E-state index in [1.54, 1.807) is 0 Å². The van der Waals surface area contributed by atoms with Crippen molar-refractivity contribution in [2.75, 3.05) is 25.1 Å². The molecule has 0 bridgehead atoms. The van der Waals surface area contributed by atoms with Crippen molar-refractivity contribution in [1.29, 1.82) is 0 Å². The van der Waals surface area contributed by atoms with Gasteiger partial charge in [-0.15, -0.1) is 0 Å². The highest BCUT2D eigenvalue weighted by Crippen LogP contribution is 2.18. The predicted molar refractivity (Wildman–Crippen MR) is 107 cm³/mol. The molecule has 0 spiro atoms. The summed E-state index contributed by atoms with van der Waals surface area (Å²) in [6, 6.07) is 5.10. The summed E-state index contributed by atoms with van der Waals surface area (Å²) in [4.78, 5) is 25.6. The monoisotopic (exact) mass is 466 g/mol. The van der Waals surface area contributed by atoms with Gasteiger partial charge in [0, 0.05) is 24.7 Å². The van der Waals surface area contributed by atoms with Gasteiger partial charge in [-0.1, -0.05) is 11.6 Å². The van der Waals surface area contributed by atoms with Crippen molar-refractivity contribution in [3.05, 3.63) is 29.3 Å². The average molecular weight is 467 g/mol. The molecule has 0 aliphatic carbocycles. The zero-order valence-corrected chi connectivity index (χ0v) is 18.4. The van der Waals surface area contributed by atoms with Crippen LogP contribution in [0.3, 0.4) is 0 Å². The highest BCUT2D eigenvalue weighted by Gasteiger charge is 2.34. The maximum absolute atomic E-state index is 12.4. The highest BCUT2D eigenvalue weighted by molar-refractivity contribution is 7.91. The summed E-state index contributed by atoms with van der Waals surface area (Å²) in [5, 5.41) is 0.395. The number of rotatable bonds is 8. The summed E-state index contributed by atoms with van der Waals surface area (Å²) in [5.74, 6) is -1.35. The predicted octanol–water partition coefficient (Wildman–Crippen LogP) is 0.586. The molecule has 9 nitrogen and oxygen atoms in total. The summed E-state index contributed by atoms with van der Waals surface area (Å²) in [6.45, 7) is 1.18. The molecule has 1 aliphatic heterocycles. The second-order valence-electron chi connectivity index (χ2n) is 6.74. The van der Waals surface area contributed by atoms with Crippen LogP contribution in [0, 0.1) is 0 Å². The number of esters is 1. The number of hydrogen-bond acceptors (Lipinski definition) is 7. The summed E-state index contributed by atoms with van der Waals surface area (Å²) < 4.78 is 54.7. The molecule has 1 heterocycles. The van der Waals surface area contributed by atoms with Gasteiger partial charge < -0.3 is 9.64 Å². The minimum absolute atomic E-state index is 0.00644. The SMILES string of the molecule is C[C@@H](OC(=O)CCNS(=O)(=O)c1ccc(Cl)cc1)C(=O)N(C)[C@@H]1CCS(=O)(=O)C1. The fourth-order valence-electron chi connectivity index (χ4n) is 2.84. The summed E-state index contributed by atoms with van der Waals surface area (Å²) in [6.07, 6.45) is -1.03. The van der Waals surface area contributed by atoms with Crippen molar-refractivity contribution < 1.29 is 31.2 Å². The molecule has 0 radical (unpaired) electrons. The van der Waals surface area contributed by atoms with Crippen LogP contribution in [0.15, 0.2) is 29.2 Å². The Morgan fingerprint density at radius 3 is 2.48 bits per heavy atom. The molecule has 1 fully saturated rings. The van der Waals surface area contributed by atoms with E-state index in [0.29, 0.717) is 11.4 Å². The van der Waals surface area contributed by atoms with Crippen molar-refractivity contribution in [2.24, 2.45) is 0 Å². The Bertz CT molecular complexity index is 962. The molecule has 0 saturated carbocycles. The van der Waals surface area contributed by atoms with Crippen molar-refractivity contribution in [3.63, 3.8) is 0 Å². The molecule has 1 aromatic carbocycles. The van der Waals surface area contributed by atoms with Crippen LogP contribution in [0.4, 0.5) is 0 Å². The molecular formula is C17H23ClN2O7S2. The molecule has 1 N–H and O–H groups in total. The van der Waals surface area contributed by atoms with Gasteiger partial charge in [0.1, 0.15) is 0 Å². The number of hydrogen-bond donors (Lipinski definition) is 1. The lowest BCUT2D eigenvalue weighted by molar-refractivity contribution is -0.159. The molecule has 0 unspecified atom stereocenters. The minimum Gasteiger partial charge on any atom is -0.452 e. The Hall–Kier alpha value is -1.69. The smallest absolute Gasteiger partial charge is 0.307 e. The van der Waals surface area contributed by atoms with Gasteiger partial charge in [0.05, 0.1) is 22.8 Å². The van der Waals surface area contributed by atoms with E-state index in [9.17, 15) is 26.4 Å². The van der Waals surface area contributed by atoms with Gasteiger partial charge in [0.2, 0.25) is 10.0 Å². The van der Waals surface area contributed by atoms with Gasteiger partial charge in [-0.3, -0.25) is 9.59 Å². The molecular weight excluding hydrogens is 444 g/mol. The standard InChI is InChI=1S/C17H23ClN2O7S2/c1-12(17(22)20(2)14-8-10-28(23,24)11-14)27-16(21)7-9-19-29(25,26)15-5-3-13(18)4-6-15/h3-6,12,14,19H,7-11H2,1-2H3/t12-,14-/m1/s1. The van der Waals surface area contributed by atoms with E-state index in [-0.39, 0.29) is 29.4 Å². The second kappa shape index (κ2) is 9.41. The number of amides is 1. The fourth-order valence-corrected chi connectivity index (χ4v) is 5.77. The molecule has 2 atom stereocenters. The van der Waals surface area contributed by atoms with Crippen molar-refractivity contribution in [2.45, 2.75) is 36.8 Å².